The van der Waals surface area contributed by atoms with Crippen molar-refractivity contribution < 1.29 is 28.6 Å². The Morgan fingerprint density at radius 2 is 0.783 bits per heavy atom. The molecule has 3 saturated carbocycles. The van der Waals surface area contributed by atoms with Gasteiger partial charge in [-0.3, -0.25) is 14.4 Å². The number of fused-ring (bicyclic) bond motifs is 9. The summed E-state index contributed by atoms with van der Waals surface area (Å²) in [6.07, 6.45) is 31.7. The van der Waals surface area contributed by atoms with Gasteiger partial charge in [0.05, 0.1) is 16.2 Å². The Kier molecular flexibility index (Phi) is 13.8. The molecule has 0 heterocycles. The first-order valence-electron chi connectivity index (χ1n) is 28.4. The van der Waals surface area contributed by atoms with E-state index in [0.29, 0.717) is 35.5 Å². The van der Waals surface area contributed by atoms with E-state index in [1.807, 2.05) is 0 Å². The summed E-state index contributed by atoms with van der Waals surface area (Å²) in [6.45, 7) is 27.3. The van der Waals surface area contributed by atoms with E-state index < -0.39 is 22.3 Å². The minimum absolute atomic E-state index is 0.00115. The van der Waals surface area contributed by atoms with Gasteiger partial charge in [0, 0.05) is 0 Å². The SMILES string of the molecule is CC(C)C1=CC2=CCC3C(C)(C(=O)OCC(COC(=O)C4(C)CCCC5(C)C6CCC(C(C)C)=CC6=CCC45)OC(=O)C4(C)CCCC5(C)C6CCC(C(C)C)=CC6=CCC45)CCCC3(C)C2CC1. The van der Waals surface area contributed by atoms with Gasteiger partial charge >= 0.3 is 17.9 Å². The van der Waals surface area contributed by atoms with E-state index in [-0.39, 0.29) is 65.1 Å². The molecule has 12 unspecified atom stereocenters. The van der Waals surface area contributed by atoms with E-state index in [9.17, 15) is 9.59 Å². The van der Waals surface area contributed by atoms with Gasteiger partial charge in [-0.05, 0) is 203 Å². The molecule has 0 amide bonds. The highest BCUT2D eigenvalue weighted by atomic mass is 16.6. The zero-order valence-electron chi connectivity index (χ0n) is 45.3. The number of rotatable bonds is 11. The van der Waals surface area contributed by atoms with Crippen molar-refractivity contribution in [1.82, 2.24) is 0 Å². The van der Waals surface area contributed by atoms with Crippen LogP contribution in [0.25, 0.3) is 0 Å². The summed E-state index contributed by atoms with van der Waals surface area (Å²) in [7, 11) is 0. The van der Waals surface area contributed by atoms with E-state index in [2.05, 4.69) is 120 Å². The first-order chi connectivity index (χ1) is 32.6. The van der Waals surface area contributed by atoms with Crippen molar-refractivity contribution in [3.8, 4) is 0 Å². The van der Waals surface area contributed by atoms with Crippen molar-refractivity contribution in [3.63, 3.8) is 0 Å². The molecule has 6 heteroatoms. The maximum Gasteiger partial charge on any atom is 0.312 e. The zero-order chi connectivity index (χ0) is 49.5. The molecule has 0 aromatic rings. The van der Waals surface area contributed by atoms with Crippen LogP contribution in [0.5, 0.6) is 0 Å². The quantitative estimate of drug-likeness (QED) is 0.152. The lowest BCUT2D eigenvalue weighted by molar-refractivity contribution is -0.192. The molecule has 69 heavy (non-hydrogen) atoms. The molecule has 380 valence electrons. The predicted molar refractivity (Wildman–Crippen MR) is 277 cm³/mol. The third kappa shape index (κ3) is 8.57. The lowest BCUT2D eigenvalue weighted by atomic mass is 9.47. The van der Waals surface area contributed by atoms with Crippen LogP contribution in [0.1, 0.15) is 199 Å². The molecule has 9 aliphatic carbocycles. The number of hydrogen-bond donors (Lipinski definition) is 0. The maximum atomic E-state index is 15.1. The van der Waals surface area contributed by atoms with Crippen LogP contribution in [-0.2, 0) is 28.6 Å². The summed E-state index contributed by atoms with van der Waals surface area (Å²) in [5.74, 6) is 2.74. The molecule has 6 nitrogen and oxygen atoms in total. The lowest BCUT2D eigenvalue weighted by Gasteiger charge is -2.57. The number of hydrogen-bond acceptors (Lipinski definition) is 6. The van der Waals surface area contributed by atoms with Crippen LogP contribution in [0.2, 0.25) is 0 Å². The molecule has 0 saturated heterocycles. The van der Waals surface area contributed by atoms with Crippen LogP contribution in [0.15, 0.2) is 69.9 Å². The highest BCUT2D eigenvalue weighted by Gasteiger charge is 2.61. The largest absolute Gasteiger partial charge is 0.461 e. The molecule has 0 spiro atoms. The molecule has 0 aliphatic heterocycles. The third-order valence-electron chi connectivity index (χ3n) is 22.2. The second-order valence-electron chi connectivity index (χ2n) is 26.9. The van der Waals surface area contributed by atoms with Crippen LogP contribution < -0.4 is 0 Å². The Morgan fingerprint density at radius 3 is 1.09 bits per heavy atom. The molecule has 0 radical (unpaired) electrons. The fourth-order valence-corrected chi connectivity index (χ4v) is 17.8. The Balaban J connectivity index is 0.963. The van der Waals surface area contributed by atoms with Gasteiger partial charge in [-0.2, -0.15) is 0 Å². The van der Waals surface area contributed by atoms with Crippen LogP contribution in [0.4, 0.5) is 0 Å². The minimum atomic E-state index is -0.903. The predicted octanol–water partition coefficient (Wildman–Crippen LogP) is 15.4. The summed E-state index contributed by atoms with van der Waals surface area (Å²) in [4.78, 5) is 44.9. The first-order valence-corrected chi connectivity index (χ1v) is 28.4. The van der Waals surface area contributed by atoms with Crippen molar-refractivity contribution in [2.75, 3.05) is 13.2 Å². The van der Waals surface area contributed by atoms with Gasteiger partial charge in [-0.1, -0.05) is 135 Å². The van der Waals surface area contributed by atoms with Crippen molar-refractivity contribution in [2.24, 2.45) is 85.8 Å². The van der Waals surface area contributed by atoms with Gasteiger partial charge in [0.15, 0.2) is 6.10 Å². The molecular formula is C63H92O6. The van der Waals surface area contributed by atoms with Crippen LogP contribution in [0.3, 0.4) is 0 Å². The fourth-order valence-electron chi connectivity index (χ4n) is 17.8. The number of carbonyl (C=O) groups is 3. The fraction of sp³-hybridized carbons (Fsp3) is 0.762. The van der Waals surface area contributed by atoms with Gasteiger partial charge in [-0.25, -0.2) is 0 Å². The van der Waals surface area contributed by atoms with E-state index in [0.717, 1.165) is 116 Å². The highest BCUT2D eigenvalue weighted by Crippen LogP contribution is 2.65. The molecule has 0 N–H and O–H groups in total. The normalized spacial score (nSPS) is 40.9. The van der Waals surface area contributed by atoms with E-state index in [1.54, 1.807) is 11.1 Å². The smallest absolute Gasteiger partial charge is 0.312 e. The Hall–Kier alpha value is -3.15. The Bertz CT molecular complexity index is 2130. The molecule has 3 fully saturated rings. The summed E-state index contributed by atoms with van der Waals surface area (Å²) < 4.78 is 19.7. The van der Waals surface area contributed by atoms with Crippen molar-refractivity contribution in [3.05, 3.63) is 69.9 Å². The van der Waals surface area contributed by atoms with E-state index in [4.69, 9.17) is 14.2 Å². The van der Waals surface area contributed by atoms with Crippen molar-refractivity contribution in [2.45, 2.75) is 205 Å². The lowest BCUT2D eigenvalue weighted by Crippen LogP contribution is -2.55. The van der Waals surface area contributed by atoms with E-state index in [1.165, 1.54) is 22.3 Å². The van der Waals surface area contributed by atoms with Crippen LogP contribution in [-0.4, -0.2) is 37.2 Å². The third-order valence-corrected chi connectivity index (χ3v) is 22.2. The van der Waals surface area contributed by atoms with Gasteiger partial charge in [0.25, 0.3) is 0 Å². The maximum absolute atomic E-state index is 15.1. The molecule has 9 aliphatic rings. The minimum Gasteiger partial charge on any atom is -0.461 e. The summed E-state index contributed by atoms with van der Waals surface area (Å²) in [5.41, 5.74) is 6.94. The molecule has 12 atom stereocenters. The first kappa shape index (κ1) is 50.8. The van der Waals surface area contributed by atoms with Crippen molar-refractivity contribution in [1.29, 1.82) is 0 Å². The second-order valence-corrected chi connectivity index (χ2v) is 26.9. The van der Waals surface area contributed by atoms with Crippen LogP contribution >= 0.6 is 0 Å². The molecule has 9 rings (SSSR count). The summed E-state index contributed by atoms with van der Waals surface area (Å²) >= 11 is 0. The number of allylic oxidation sites excluding steroid dienone is 12. The van der Waals surface area contributed by atoms with Gasteiger partial charge in [0.2, 0.25) is 0 Å². The zero-order valence-corrected chi connectivity index (χ0v) is 45.3. The average molecular weight is 945 g/mol. The Morgan fingerprint density at radius 1 is 0.478 bits per heavy atom. The Labute approximate surface area is 418 Å². The highest BCUT2D eigenvalue weighted by molar-refractivity contribution is 5.79. The average Bonchev–Trinajstić information content (AvgIpc) is 3.31. The van der Waals surface area contributed by atoms with E-state index >= 15 is 4.79 Å². The number of ether oxygens (including phenoxy) is 3. The number of carbonyl (C=O) groups excluding carboxylic acids is 3. The standard InChI is InChI=1S/C63H92O6/c1-39(2)42-16-22-49-45(34-42)19-25-52-58(49,7)28-13-31-61(52,10)55(64)67-37-48(69-57(66)63(12)33-15-30-60(9)51-24-18-44(41(5)6)36-47(51)21-27-54(60)63)38-68-56(65)62(11)32-14-29-59(8)50-23-17-43(40(3)4)35-46(50)20-26-53(59)62/h19-21,34-36,39-41,48-54H,13-18,22-33,37-38H2,1-12H3. The summed E-state index contributed by atoms with van der Waals surface area (Å²) in [6, 6.07) is 0. The van der Waals surface area contributed by atoms with Gasteiger partial charge in [0.1, 0.15) is 13.2 Å². The number of esters is 3. The molecule has 0 aromatic carbocycles. The van der Waals surface area contributed by atoms with Gasteiger partial charge in [-0.15, -0.1) is 0 Å². The topological polar surface area (TPSA) is 78.9 Å². The van der Waals surface area contributed by atoms with Gasteiger partial charge < -0.3 is 14.2 Å². The summed E-state index contributed by atoms with van der Waals surface area (Å²) in [5, 5.41) is 0. The second kappa shape index (κ2) is 18.7. The van der Waals surface area contributed by atoms with Crippen molar-refractivity contribution >= 4 is 17.9 Å². The molecule has 0 aromatic heterocycles. The molecular weight excluding hydrogens is 853 g/mol. The monoisotopic (exact) mass is 945 g/mol. The van der Waals surface area contributed by atoms with Crippen LogP contribution in [0, 0.1) is 85.8 Å². The molecule has 0 bridgehead atoms.